The van der Waals surface area contributed by atoms with Crippen LogP contribution >= 0.6 is 0 Å². The van der Waals surface area contributed by atoms with E-state index in [1.807, 2.05) is 59.5 Å². The quantitative estimate of drug-likeness (QED) is 0.607. The summed E-state index contributed by atoms with van der Waals surface area (Å²) in [6.07, 6.45) is 3.05. The summed E-state index contributed by atoms with van der Waals surface area (Å²) in [6.45, 7) is 2.95. The van der Waals surface area contributed by atoms with Crippen LogP contribution < -0.4 is 20.7 Å². The Morgan fingerprint density at radius 2 is 1.49 bits per heavy atom. The van der Waals surface area contributed by atoms with Gasteiger partial charge in [0.2, 0.25) is 17.7 Å². The molecule has 2 saturated heterocycles. The van der Waals surface area contributed by atoms with E-state index in [4.69, 9.17) is 10.5 Å². The second kappa shape index (κ2) is 11.7. The zero-order valence-electron chi connectivity index (χ0n) is 20.0. The summed E-state index contributed by atoms with van der Waals surface area (Å²) in [4.78, 5) is 41.1. The first kappa shape index (κ1) is 24.6. The molecule has 4 rings (SSSR count). The molecule has 2 fully saturated rings. The standard InChI is InChI=1S/C27H34N4O4/c28-26(33)20-10-15-30(16-11-20)24-9-5-4-8-23(24)29-27(34)21-12-17-31(18-13-21)25(32)14-19-35-22-6-2-1-3-7-22/h1-9,20-21H,10-19H2,(H2,28,33)(H,29,34). The number of nitrogens with two attached hydrogens (primary N) is 1. The van der Waals surface area contributed by atoms with Gasteiger partial charge in [-0.2, -0.15) is 0 Å². The molecule has 35 heavy (non-hydrogen) atoms. The van der Waals surface area contributed by atoms with Crippen LogP contribution in [-0.2, 0) is 14.4 Å². The fraction of sp³-hybridized carbons (Fsp3) is 0.444. The highest BCUT2D eigenvalue weighted by molar-refractivity contribution is 5.96. The molecule has 2 heterocycles. The van der Waals surface area contributed by atoms with Gasteiger partial charge in [0.05, 0.1) is 24.4 Å². The Balaban J connectivity index is 1.24. The van der Waals surface area contributed by atoms with Crippen LogP contribution in [-0.4, -0.2) is 55.4 Å². The highest BCUT2D eigenvalue weighted by Crippen LogP contribution is 2.31. The minimum absolute atomic E-state index is 0.0102. The van der Waals surface area contributed by atoms with Gasteiger partial charge in [0.25, 0.3) is 0 Å². The second-order valence-electron chi connectivity index (χ2n) is 9.24. The third-order valence-corrected chi connectivity index (χ3v) is 6.95. The van der Waals surface area contributed by atoms with Crippen molar-refractivity contribution in [2.75, 3.05) is 43.0 Å². The first-order chi connectivity index (χ1) is 17.0. The van der Waals surface area contributed by atoms with Crippen LogP contribution in [0.5, 0.6) is 5.75 Å². The van der Waals surface area contributed by atoms with E-state index in [9.17, 15) is 14.4 Å². The summed E-state index contributed by atoms with van der Waals surface area (Å²) >= 11 is 0. The number of nitrogens with one attached hydrogen (secondary N) is 1. The maximum atomic E-state index is 13.0. The molecule has 2 aliphatic heterocycles. The molecule has 186 valence electrons. The van der Waals surface area contributed by atoms with Crippen molar-refractivity contribution in [2.24, 2.45) is 17.6 Å². The Morgan fingerprint density at radius 3 is 2.17 bits per heavy atom. The number of para-hydroxylation sites is 3. The van der Waals surface area contributed by atoms with Gasteiger partial charge in [0.15, 0.2) is 0 Å². The summed E-state index contributed by atoms with van der Waals surface area (Å²) in [5.74, 6) is 0.362. The van der Waals surface area contributed by atoms with E-state index in [-0.39, 0.29) is 29.6 Å². The fourth-order valence-corrected chi connectivity index (χ4v) is 4.82. The number of ether oxygens (including phenoxy) is 1. The van der Waals surface area contributed by atoms with Crippen molar-refractivity contribution in [2.45, 2.75) is 32.1 Å². The molecule has 0 saturated carbocycles. The lowest BCUT2D eigenvalue weighted by Crippen LogP contribution is -2.42. The molecule has 0 bridgehead atoms. The van der Waals surface area contributed by atoms with Crippen LogP contribution in [0, 0.1) is 11.8 Å². The number of rotatable bonds is 8. The Kier molecular flexibility index (Phi) is 8.23. The number of hydrogen-bond acceptors (Lipinski definition) is 5. The van der Waals surface area contributed by atoms with Crippen LogP contribution in [0.2, 0.25) is 0 Å². The third-order valence-electron chi connectivity index (χ3n) is 6.95. The maximum Gasteiger partial charge on any atom is 0.227 e. The molecule has 3 amide bonds. The van der Waals surface area contributed by atoms with Crippen LogP contribution in [0.25, 0.3) is 0 Å². The third kappa shape index (κ3) is 6.53. The molecular formula is C27H34N4O4. The van der Waals surface area contributed by atoms with Crippen molar-refractivity contribution in [3.63, 3.8) is 0 Å². The first-order valence-corrected chi connectivity index (χ1v) is 12.4. The normalized spacial score (nSPS) is 17.1. The molecule has 0 atom stereocenters. The average Bonchev–Trinajstić information content (AvgIpc) is 2.89. The van der Waals surface area contributed by atoms with Crippen molar-refractivity contribution in [1.82, 2.24) is 4.90 Å². The number of benzene rings is 2. The predicted molar refractivity (Wildman–Crippen MR) is 135 cm³/mol. The molecule has 2 aromatic carbocycles. The smallest absolute Gasteiger partial charge is 0.227 e. The summed E-state index contributed by atoms with van der Waals surface area (Å²) in [7, 11) is 0. The molecule has 0 aromatic heterocycles. The molecule has 0 spiro atoms. The van der Waals surface area contributed by atoms with Crippen LogP contribution in [0.1, 0.15) is 32.1 Å². The van der Waals surface area contributed by atoms with E-state index >= 15 is 0 Å². The number of primary amides is 1. The van der Waals surface area contributed by atoms with E-state index in [1.54, 1.807) is 0 Å². The fourth-order valence-electron chi connectivity index (χ4n) is 4.82. The van der Waals surface area contributed by atoms with E-state index in [1.165, 1.54) is 0 Å². The number of anilines is 2. The molecule has 0 unspecified atom stereocenters. The highest BCUT2D eigenvalue weighted by atomic mass is 16.5. The van der Waals surface area contributed by atoms with Gasteiger partial charge < -0.3 is 25.6 Å². The van der Waals surface area contributed by atoms with Gasteiger partial charge in [-0.1, -0.05) is 30.3 Å². The number of piperidine rings is 2. The second-order valence-corrected chi connectivity index (χ2v) is 9.24. The van der Waals surface area contributed by atoms with Crippen molar-refractivity contribution in [3.05, 3.63) is 54.6 Å². The Bertz CT molecular complexity index is 1010. The zero-order valence-corrected chi connectivity index (χ0v) is 20.0. The van der Waals surface area contributed by atoms with E-state index in [0.29, 0.717) is 39.0 Å². The van der Waals surface area contributed by atoms with Gasteiger partial charge in [-0.25, -0.2) is 0 Å². The largest absolute Gasteiger partial charge is 0.493 e. The van der Waals surface area contributed by atoms with Gasteiger partial charge in [-0.3, -0.25) is 14.4 Å². The van der Waals surface area contributed by atoms with Crippen molar-refractivity contribution in [3.8, 4) is 5.75 Å². The Morgan fingerprint density at radius 1 is 0.857 bits per heavy atom. The minimum Gasteiger partial charge on any atom is -0.493 e. The summed E-state index contributed by atoms with van der Waals surface area (Å²) in [6, 6.07) is 17.2. The van der Waals surface area contributed by atoms with Crippen molar-refractivity contribution < 1.29 is 19.1 Å². The molecule has 3 N–H and O–H groups in total. The number of nitrogens with zero attached hydrogens (tertiary/aromatic N) is 2. The van der Waals surface area contributed by atoms with Gasteiger partial charge in [-0.05, 0) is 49.9 Å². The topological polar surface area (TPSA) is 105 Å². The summed E-state index contributed by atoms with van der Waals surface area (Å²) in [5, 5.41) is 3.11. The monoisotopic (exact) mass is 478 g/mol. The number of likely N-dealkylation sites (tertiary alicyclic amines) is 1. The zero-order chi connectivity index (χ0) is 24.6. The van der Waals surface area contributed by atoms with Crippen molar-refractivity contribution in [1.29, 1.82) is 0 Å². The summed E-state index contributed by atoms with van der Waals surface area (Å²) < 4.78 is 5.63. The van der Waals surface area contributed by atoms with Crippen molar-refractivity contribution >= 4 is 29.1 Å². The molecule has 0 radical (unpaired) electrons. The number of hydrogen-bond donors (Lipinski definition) is 2. The summed E-state index contributed by atoms with van der Waals surface area (Å²) in [5.41, 5.74) is 7.21. The Labute approximate surface area is 206 Å². The van der Waals surface area contributed by atoms with E-state index in [2.05, 4.69) is 10.2 Å². The highest BCUT2D eigenvalue weighted by Gasteiger charge is 2.29. The number of carbonyl (C=O) groups is 3. The molecule has 2 aromatic rings. The SMILES string of the molecule is NC(=O)C1CCN(c2ccccc2NC(=O)C2CCN(C(=O)CCOc3ccccc3)CC2)CC1. The average molecular weight is 479 g/mol. The van der Waals surface area contributed by atoms with Gasteiger partial charge in [0, 0.05) is 38.0 Å². The lowest BCUT2D eigenvalue weighted by atomic mass is 9.95. The first-order valence-electron chi connectivity index (χ1n) is 12.4. The molecule has 8 heteroatoms. The van der Waals surface area contributed by atoms with Gasteiger partial charge in [-0.15, -0.1) is 0 Å². The number of amides is 3. The maximum absolute atomic E-state index is 13.0. The Hall–Kier alpha value is -3.55. The van der Waals surface area contributed by atoms with Crippen LogP contribution in [0.15, 0.2) is 54.6 Å². The molecule has 2 aliphatic rings. The molecular weight excluding hydrogens is 444 g/mol. The van der Waals surface area contributed by atoms with E-state index in [0.717, 1.165) is 43.1 Å². The van der Waals surface area contributed by atoms with Gasteiger partial charge in [0.1, 0.15) is 5.75 Å². The predicted octanol–water partition coefficient (Wildman–Crippen LogP) is 3.03. The van der Waals surface area contributed by atoms with Gasteiger partial charge >= 0.3 is 0 Å². The van der Waals surface area contributed by atoms with E-state index < -0.39 is 0 Å². The lowest BCUT2D eigenvalue weighted by molar-refractivity contribution is -0.135. The minimum atomic E-state index is -0.236. The molecule has 8 nitrogen and oxygen atoms in total. The lowest BCUT2D eigenvalue weighted by Gasteiger charge is -2.34. The molecule has 0 aliphatic carbocycles. The van der Waals surface area contributed by atoms with Crippen LogP contribution in [0.3, 0.4) is 0 Å². The number of carbonyl (C=O) groups excluding carboxylic acids is 3. The van der Waals surface area contributed by atoms with Crippen LogP contribution in [0.4, 0.5) is 11.4 Å².